The summed E-state index contributed by atoms with van der Waals surface area (Å²) in [6, 6.07) is 0.678. The van der Waals surface area contributed by atoms with Crippen molar-refractivity contribution in [2.75, 3.05) is 32.8 Å². The molecule has 0 spiro atoms. The molecule has 0 aromatic carbocycles. The molecule has 17 heavy (non-hydrogen) atoms. The van der Waals surface area contributed by atoms with Gasteiger partial charge in [-0.15, -0.1) is 0 Å². The second-order valence-electron chi connectivity index (χ2n) is 6.55. The molecule has 0 amide bonds. The van der Waals surface area contributed by atoms with Crippen molar-refractivity contribution < 1.29 is 4.74 Å². The van der Waals surface area contributed by atoms with Crippen molar-refractivity contribution >= 4 is 0 Å². The highest BCUT2D eigenvalue weighted by atomic mass is 16.5. The van der Waals surface area contributed by atoms with Gasteiger partial charge < -0.3 is 15.0 Å². The Balaban J connectivity index is 1.45. The van der Waals surface area contributed by atoms with Crippen LogP contribution < -0.4 is 5.32 Å². The van der Waals surface area contributed by atoms with E-state index in [4.69, 9.17) is 4.74 Å². The monoisotopic (exact) mass is 238 g/mol. The second kappa shape index (κ2) is 4.52. The molecule has 3 fully saturated rings. The summed E-state index contributed by atoms with van der Waals surface area (Å²) in [5.41, 5.74) is 0.339. The van der Waals surface area contributed by atoms with E-state index in [9.17, 15) is 0 Å². The lowest BCUT2D eigenvalue weighted by molar-refractivity contribution is -0.112. The number of rotatable bonds is 4. The van der Waals surface area contributed by atoms with Crippen molar-refractivity contribution in [1.82, 2.24) is 10.2 Å². The van der Waals surface area contributed by atoms with Crippen LogP contribution >= 0.6 is 0 Å². The Kier molecular flexibility index (Phi) is 3.18. The van der Waals surface area contributed by atoms with Gasteiger partial charge in [-0.1, -0.05) is 13.8 Å². The molecule has 3 unspecified atom stereocenters. The summed E-state index contributed by atoms with van der Waals surface area (Å²) in [6.45, 7) is 10.7. The molecule has 0 aromatic heterocycles. The summed E-state index contributed by atoms with van der Waals surface area (Å²) in [5, 5.41) is 3.79. The Morgan fingerprint density at radius 3 is 2.82 bits per heavy atom. The van der Waals surface area contributed by atoms with Gasteiger partial charge >= 0.3 is 0 Å². The van der Waals surface area contributed by atoms with E-state index in [2.05, 4.69) is 24.1 Å². The van der Waals surface area contributed by atoms with Gasteiger partial charge in [-0.3, -0.25) is 0 Å². The lowest BCUT2D eigenvalue weighted by Gasteiger charge is -2.55. The third kappa shape index (κ3) is 2.02. The van der Waals surface area contributed by atoms with Crippen LogP contribution in [0.2, 0.25) is 0 Å². The predicted molar refractivity (Wildman–Crippen MR) is 69.1 cm³/mol. The van der Waals surface area contributed by atoms with Crippen molar-refractivity contribution in [3.05, 3.63) is 0 Å². The first-order chi connectivity index (χ1) is 8.19. The normalized spacial score (nSPS) is 40.2. The zero-order chi connectivity index (χ0) is 11.9. The van der Waals surface area contributed by atoms with E-state index in [1.807, 2.05) is 0 Å². The summed E-state index contributed by atoms with van der Waals surface area (Å²) in [5.74, 6) is 0.781. The van der Waals surface area contributed by atoms with E-state index in [-0.39, 0.29) is 0 Å². The van der Waals surface area contributed by atoms with Gasteiger partial charge in [-0.2, -0.15) is 0 Å². The van der Waals surface area contributed by atoms with Crippen molar-refractivity contribution in [1.29, 1.82) is 0 Å². The number of likely N-dealkylation sites (tertiary alicyclic amines) is 1. The maximum absolute atomic E-state index is 5.83. The lowest BCUT2D eigenvalue weighted by Crippen LogP contribution is -2.66. The molecule has 0 radical (unpaired) electrons. The molecule has 1 saturated carbocycles. The Labute approximate surface area is 105 Å². The predicted octanol–water partition coefficient (Wildman–Crippen LogP) is 1.49. The molecule has 1 aliphatic carbocycles. The Hall–Kier alpha value is -0.120. The molecule has 0 aromatic rings. The number of hydrogen-bond acceptors (Lipinski definition) is 3. The van der Waals surface area contributed by atoms with Gasteiger partial charge in [0.15, 0.2) is 0 Å². The van der Waals surface area contributed by atoms with Crippen LogP contribution in [-0.4, -0.2) is 49.8 Å². The minimum absolute atomic E-state index is 0.339. The standard InChI is InChI=1S/C14H26N2O/c1-14(2)12(11-5-10-17-13(11)14)15-6-9-16-7-3-4-8-16/h11-13,15H,3-10H2,1-2H3. The molecule has 3 heteroatoms. The van der Waals surface area contributed by atoms with Gasteiger partial charge in [-0.25, -0.2) is 0 Å². The third-order valence-corrected chi connectivity index (χ3v) is 5.09. The van der Waals surface area contributed by atoms with Gasteiger partial charge in [0, 0.05) is 37.1 Å². The van der Waals surface area contributed by atoms with Gasteiger partial charge in [0.1, 0.15) is 0 Å². The van der Waals surface area contributed by atoms with Gasteiger partial charge in [0.05, 0.1) is 6.10 Å². The van der Waals surface area contributed by atoms with Gasteiger partial charge in [0.2, 0.25) is 0 Å². The molecule has 3 rings (SSSR count). The molecule has 3 aliphatic rings. The van der Waals surface area contributed by atoms with Gasteiger partial charge in [-0.05, 0) is 32.4 Å². The average Bonchev–Trinajstić information content (AvgIpc) is 2.94. The maximum atomic E-state index is 5.83. The topological polar surface area (TPSA) is 24.5 Å². The van der Waals surface area contributed by atoms with E-state index in [0.29, 0.717) is 17.6 Å². The van der Waals surface area contributed by atoms with Crippen LogP contribution in [0.5, 0.6) is 0 Å². The zero-order valence-electron chi connectivity index (χ0n) is 11.2. The number of ether oxygens (including phenoxy) is 1. The third-order valence-electron chi connectivity index (χ3n) is 5.09. The van der Waals surface area contributed by atoms with Crippen LogP contribution in [0, 0.1) is 11.3 Å². The second-order valence-corrected chi connectivity index (χ2v) is 6.55. The molecular formula is C14H26N2O. The van der Waals surface area contributed by atoms with Crippen LogP contribution in [0.15, 0.2) is 0 Å². The highest BCUT2D eigenvalue weighted by Gasteiger charge is 2.58. The molecule has 2 aliphatic heterocycles. The number of nitrogens with zero attached hydrogens (tertiary/aromatic N) is 1. The largest absolute Gasteiger partial charge is 0.377 e. The number of hydrogen-bond donors (Lipinski definition) is 1. The highest BCUT2D eigenvalue weighted by Crippen LogP contribution is 2.51. The lowest BCUT2D eigenvalue weighted by atomic mass is 9.57. The quantitative estimate of drug-likeness (QED) is 0.803. The van der Waals surface area contributed by atoms with Crippen molar-refractivity contribution in [3.63, 3.8) is 0 Å². The van der Waals surface area contributed by atoms with E-state index < -0.39 is 0 Å². The van der Waals surface area contributed by atoms with Crippen molar-refractivity contribution in [2.24, 2.45) is 11.3 Å². The Morgan fingerprint density at radius 2 is 2.06 bits per heavy atom. The molecule has 2 heterocycles. The highest BCUT2D eigenvalue weighted by molar-refractivity contribution is 5.11. The van der Waals surface area contributed by atoms with Crippen LogP contribution in [-0.2, 0) is 4.74 Å². The zero-order valence-corrected chi connectivity index (χ0v) is 11.2. The first-order valence-corrected chi connectivity index (χ1v) is 7.27. The summed E-state index contributed by atoms with van der Waals surface area (Å²) in [7, 11) is 0. The first kappa shape index (κ1) is 11.9. The SMILES string of the molecule is CC1(C)C(NCCN2CCCC2)C2CCOC21. The van der Waals surface area contributed by atoms with Crippen LogP contribution in [0.4, 0.5) is 0 Å². The minimum Gasteiger partial charge on any atom is -0.377 e. The average molecular weight is 238 g/mol. The minimum atomic E-state index is 0.339. The first-order valence-electron chi connectivity index (χ1n) is 7.27. The Bertz CT molecular complexity index is 273. The van der Waals surface area contributed by atoms with E-state index >= 15 is 0 Å². The smallest absolute Gasteiger partial charge is 0.0685 e. The maximum Gasteiger partial charge on any atom is 0.0685 e. The fourth-order valence-electron chi connectivity index (χ4n) is 4.12. The number of nitrogens with one attached hydrogen (secondary N) is 1. The summed E-state index contributed by atoms with van der Waals surface area (Å²) < 4.78 is 5.83. The van der Waals surface area contributed by atoms with Gasteiger partial charge in [0.25, 0.3) is 0 Å². The van der Waals surface area contributed by atoms with Crippen LogP contribution in [0.1, 0.15) is 33.1 Å². The molecule has 3 atom stereocenters. The molecule has 0 bridgehead atoms. The van der Waals surface area contributed by atoms with E-state index in [1.165, 1.54) is 38.9 Å². The molecule has 3 nitrogen and oxygen atoms in total. The van der Waals surface area contributed by atoms with Crippen molar-refractivity contribution in [2.45, 2.75) is 45.3 Å². The summed E-state index contributed by atoms with van der Waals surface area (Å²) in [4.78, 5) is 2.58. The summed E-state index contributed by atoms with van der Waals surface area (Å²) >= 11 is 0. The summed E-state index contributed by atoms with van der Waals surface area (Å²) in [6.07, 6.45) is 4.57. The van der Waals surface area contributed by atoms with Crippen LogP contribution in [0.25, 0.3) is 0 Å². The van der Waals surface area contributed by atoms with E-state index in [1.54, 1.807) is 0 Å². The number of fused-ring (bicyclic) bond motifs is 1. The van der Waals surface area contributed by atoms with Crippen molar-refractivity contribution in [3.8, 4) is 0 Å². The molecule has 1 N–H and O–H groups in total. The van der Waals surface area contributed by atoms with Crippen LogP contribution in [0.3, 0.4) is 0 Å². The molecule has 2 saturated heterocycles. The fraction of sp³-hybridized carbons (Fsp3) is 1.00. The Morgan fingerprint density at radius 1 is 1.29 bits per heavy atom. The van der Waals surface area contributed by atoms with E-state index in [0.717, 1.165) is 19.1 Å². The molecule has 98 valence electrons. The fourth-order valence-corrected chi connectivity index (χ4v) is 4.12. The molecular weight excluding hydrogens is 212 g/mol.